The van der Waals surface area contributed by atoms with Gasteiger partial charge in [-0.1, -0.05) is 6.92 Å². The fraction of sp³-hybridized carbons (Fsp3) is 0.773. The van der Waals surface area contributed by atoms with E-state index in [1.54, 1.807) is 0 Å². The van der Waals surface area contributed by atoms with Gasteiger partial charge in [0.15, 0.2) is 5.96 Å². The molecule has 2 fully saturated rings. The third kappa shape index (κ3) is 7.46. The van der Waals surface area contributed by atoms with Crippen LogP contribution in [0.15, 0.2) is 22.5 Å². The minimum absolute atomic E-state index is 0.527. The van der Waals surface area contributed by atoms with E-state index in [0.29, 0.717) is 6.04 Å². The van der Waals surface area contributed by atoms with Gasteiger partial charge in [-0.2, -0.15) is 0 Å². The minimum atomic E-state index is 0.527. The molecular weight excluding hydrogens is 380 g/mol. The Labute approximate surface area is 181 Å². The number of piperidine rings is 1. The maximum Gasteiger partial charge on any atom is 0.191 e. The van der Waals surface area contributed by atoms with Crippen LogP contribution in [0.1, 0.15) is 39.5 Å². The van der Waals surface area contributed by atoms with Crippen molar-refractivity contribution in [2.24, 2.45) is 4.99 Å². The minimum Gasteiger partial charge on any atom is -0.363 e. The number of anilines is 1. The van der Waals surface area contributed by atoms with E-state index in [-0.39, 0.29) is 0 Å². The van der Waals surface area contributed by atoms with Crippen LogP contribution in [0.2, 0.25) is 0 Å². The Kier molecular flexibility index (Phi) is 9.57. The van der Waals surface area contributed by atoms with Crippen molar-refractivity contribution in [2.75, 3.05) is 70.3 Å². The Balaban J connectivity index is 1.32. The fourth-order valence-electron chi connectivity index (χ4n) is 4.17. The molecule has 29 heavy (non-hydrogen) atoms. The van der Waals surface area contributed by atoms with Crippen LogP contribution in [0, 0.1) is 0 Å². The molecule has 3 rings (SSSR count). The second-order valence-electron chi connectivity index (χ2n) is 8.10. The number of unbranched alkanes of at least 4 members (excludes halogenated alkanes) is 1. The lowest BCUT2D eigenvalue weighted by molar-refractivity contribution is 0.136. The van der Waals surface area contributed by atoms with Gasteiger partial charge in [-0.15, -0.1) is 11.3 Å². The highest BCUT2D eigenvalue weighted by Gasteiger charge is 2.20. The molecule has 0 bridgehead atoms. The zero-order chi connectivity index (χ0) is 20.3. The van der Waals surface area contributed by atoms with Crippen LogP contribution in [0.3, 0.4) is 0 Å². The average Bonchev–Trinajstić information content (AvgIpc) is 3.29. The molecule has 1 aromatic rings. The molecule has 0 aromatic carbocycles. The quantitative estimate of drug-likeness (QED) is 0.365. The van der Waals surface area contributed by atoms with Gasteiger partial charge in [-0.3, -0.25) is 4.99 Å². The summed E-state index contributed by atoms with van der Waals surface area (Å²) >= 11 is 1.84. The smallest absolute Gasteiger partial charge is 0.191 e. The summed E-state index contributed by atoms with van der Waals surface area (Å²) in [5.41, 5.74) is 0. The lowest BCUT2D eigenvalue weighted by Gasteiger charge is -2.34. The lowest BCUT2D eigenvalue weighted by atomic mass is 10.1. The van der Waals surface area contributed by atoms with Gasteiger partial charge in [-0.05, 0) is 63.2 Å². The topological polar surface area (TPSA) is 46.1 Å². The molecule has 0 atom stereocenters. The summed E-state index contributed by atoms with van der Waals surface area (Å²) < 4.78 is 0. The predicted molar refractivity (Wildman–Crippen MR) is 126 cm³/mol. The molecule has 2 aliphatic rings. The van der Waals surface area contributed by atoms with E-state index >= 15 is 0 Å². The average molecular weight is 421 g/mol. The third-order valence-corrected chi connectivity index (χ3v) is 6.99. The number of hydrogen-bond donors (Lipinski definition) is 2. The van der Waals surface area contributed by atoms with Gasteiger partial charge in [-0.25, -0.2) is 0 Å². The number of nitrogens with one attached hydrogen (secondary N) is 2. The van der Waals surface area contributed by atoms with Gasteiger partial charge in [0, 0.05) is 58.4 Å². The van der Waals surface area contributed by atoms with Gasteiger partial charge in [0.25, 0.3) is 0 Å². The number of hydrogen-bond acceptors (Lipinski definition) is 5. The van der Waals surface area contributed by atoms with Crippen LogP contribution in [-0.2, 0) is 0 Å². The van der Waals surface area contributed by atoms with Gasteiger partial charge in [0.2, 0.25) is 0 Å². The highest BCUT2D eigenvalue weighted by molar-refractivity contribution is 7.14. The summed E-state index contributed by atoms with van der Waals surface area (Å²) in [4.78, 5) is 12.5. The molecule has 2 saturated heterocycles. The molecule has 0 spiro atoms. The molecule has 0 amide bonds. The first-order chi connectivity index (χ1) is 14.3. The van der Waals surface area contributed by atoms with Crippen molar-refractivity contribution in [3.63, 3.8) is 0 Å². The molecule has 6 nitrogen and oxygen atoms in total. The maximum absolute atomic E-state index is 4.84. The van der Waals surface area contributed by atoms with Crippen LogP contribution in [0.25, 0.3) is 0 Å². The monoisotopic (exact) mass is 420 g/mol. The molecule has 7 heteroatoms. The Hall–Kier alpha value is -1.31. The first kappa shape index (κ1) is 22.4. The predicted octanol–water partition coefficient (Wildman–Crippen LogP) is 2.69. The second-order valence-corrected chi connectivity index (χ2v) is 9.03. The number of piperazine rings is 1. The van der Waals surface area contributed by atoms with Crippen molar-refractivity contribution in [3.8, 4) is 0 Å². The number of guanidine groups is 1. The van der Waals surface area contributed by atoms with Crippen molar-refractivity contribution >= 4 is 22.3 Å². The van der Waals surface area contributed by atoms with E-state index in [1.165, 1.54) is 70.0 Å². The van der Waals surface area contributed by atoms with Crippen LogP contribution in [0.4, 0.5) is 5.00 Å². The van der Waals surface area contributed by atoms with Crippen molar-refractivity contribution in [2.45, 2.75) is 45.6 Å². The first-order valence-electron chi connectivity index (χ1n) is 11.6. The van der Waals surface area contributed by atoms with E-state index in [1.807, 2.05) is 11.3 Å². The van der Waals surface area contributed by atoms with Gasteiger partial charge >= 0.3 is 0 Å². The van der Waals surface area contributed by atoms with E-state index in [9.17, 15) is 0 Å². The zero-order valence-electron chi connectivity index (χ0n) is 18.4. The van der Waals surface area contributed by atoms with Gasteiger partial charge in [0.1, 0.15) is 0 Å². The van der Waals surface area contributed by atoms with Gasteiger partial charge < -0.3 is 25.3 Å². The van der Waals surface area contributed by atoms with Crippen LogP contribution in [-0.4, -0.2) is 87.2 Å². The molecule has 3 heterocycles. The standard InChI is InChI=1S/C22H40N6S/c1-3-23-22(24-11-5-6-12-27-17-15-26(4-2)16-18-27)25-20-9-13-28(14-10-20)21-8-7-19-29-21/h7-8,19-20H,3-6,9-18H2,1-2H3,(H2,23,24,25). The van der Waals surface area contributed by atoms with Crippen molar-refractivity contribution in [1.82, 2.24) is 20.4 Å². The van der Waals surface area contributed by atoms with Crippen LogP contribution < -0.4 is 15.5 Å². The first-order valence-corrected chi connectivity index (χ1v) is 12.4. The highest BCUT2D eigenvalue weighted by Crippen LogP contribution is 2.24. The van der Waals surface area contributed by atoms with E-state index in [4.69, 9.17) is 4.99 Å². The Morgan fingerprint density at radius 2 is 1.83 bits per heavy atom. The number of likely N-dealkylation sites (N-methyl/N-ethyl adjacent to an activating group) is 1. The summed E-state index contributed by atoms with van der Waals surface area (Å²) in [6.07, 6.45) is 4.76. The van der Waals surface area contributed by atoms with E-state index in [2.05, 4.69) is 56.7 Å². The van der Waals surface area contributed by atoms with Crippen LogP contribution >= 0.6 is 11.3 Å². The Morgan fingerprint density at radius 3 is 2.48 bits per heavy atom. The summed E-state index contributed by atoms with van der Waals surface area (Å²) in [5.74, 6) is 0.999. The Morgan fingerprint density at radius 1 is 1.07 bits per heavy atom. The normalized spacial score (nSPS) is 20.2. The number of thiophene rings is 1. The lowest BCUT2D eigenvalue weighted by Crippen LogP contribution is -2.48. The summed E-state index contributed by atoms with van der Waals surface area (Å²) in [7, 11) is 0. The Bertz CT molecular complexity index is 574. The van der Waals surface area contributed by atoms with Crippen molar-refractivity contribution in [1.29, 1.82) is 0 Å². The zero-order valence-corrected chi connectivity index (χ0v) is 19.2. The molecule has 0 aliphatic carbocycles. The summed E-state index contributed by atoms with van der Waals surface area (Å²) in [5, 5.41) is 10.7. The van der Waals surface area contributed by atoms with E-state index in [0.717, 1.165) is 32.1 Å². The fourth-order valence-corrected chi connectivity index (χ4v) is 4.96. The number of rotatable bonds is 9. The van der Waals surface area contributed by atoms with Crippen molar-refractivity contribution in [3.05, 3.63) is 17.5 Å². The number of aliphatic imine (C=N–C) groups is 1. The molecule has 0 saturated carbocycles. The summed E-state index contributed by atoms with van der Waals surface area (Å²) in [6.45, 7) is 15.8. The molecule has 0 radical (unpaired) electrons. The molecular formula is C22H40N6S. The maximum atomic E-state index is 4.84. The molecule has 1 aromatic heterocycles. The molecule has 2 N–H and O–H groups in total. The summed E-state index contributed by atoms with van der Waals surface area (Å²) in [6, 6.07) is 4.90. The number of nitrogens with zero attached hydrogens (tertiary/aromatic N) is 4. The third-order valence-electron chi connectivity index (χ3n) is 6.06. The molecule has 2 aliphatic heterocycles. The largest absolute Gasteiger partial charge is 0.363 e. The molecule has 164 valence electrons. The second kappa shape index (κ2) is 12.4. The highest BCUT2D eigenvalue weighted by atomic mass is 32.1. The SMILES string of the molecule is CCNC(=NCCCCN1CCN(CC)CC1)NC1CCN(c2cccs2)CC1. The van der Waals surface area contributed by atoms with Crippen molar-refractivity contribution < 1.29 is 0 Å². The van der Waals surface area contributed by atoms with Gasteiger partial charge in [0.05, 0.1) is 5.00 Å². The van der Waals surface area contributed by atoms with Crippen LogP contribution in [0.5, 0.6) is 0 Å². The van der Waals surface area contributed by atoms with E-state index < -0.39 is 0 Å². The molecule has 0 unspecified atom stereocenters.